The van der Waals surface area contributed by atoms with Crippen LogP contribution >= 0.6 is 0 Å². The van der Waals surface area contributed by atoms with Gasteiger partial charge in [-0.2, -0.15) is 0 Å². The number of aliphatic hydroxyl groups excluding tert-OH is 1. The molecule has 42 valence electrons. The fourth-order valence-electron chi connectivity index (χ4n) is 0.215. The summed E-state index contributed by atoms with van der Waals surface area (Å²) in [7, 11) is 1.16. The van der Waals surface area contributed by atoms with Crippen molar-refractivity contribution >= 4 is 0 Å². The summed E-state index contributed by atoms with van der Waals surface area (Å²) in [6, 6.07) is 0. The quantitative estimate of drug-likeness (QED) is 0.387. The molecule has 1 atom stereocenters. The largest absolute Gasteiger partial charge is 0.354 e. The fourth-order valence-corrected chi connectivity index (χ4v) is 0.215. The zero-order chi connectivity index (χ0) is 5.86. The second-order valence-electron chi connectivity index (χ2n) is 1.14. The maximum atomic E-state index is 9.79. The summed E-state index contributed by atoms with van der Waals surface area (Å²) in [4.78, 5) is 14.1. The van der Waals surface area contributed by atoms with Gasteiger partial charge in [0.15, 0.2) is 0 Å². The highest BCUT2D eigenvalue weighted by Crippen LogP contribution is 1.79. The fraction of sp³-hybridized carbons (Fsp3) is 1.00. The van der Waals surface area contributed by atoms with Crippen LogP contribution in [0.3, 0.4) is 0 Å². The first-order valence-corrected chi connectivity index (χ1v) is 1.88. The highest BCUT2D eigenvalue weighted by molar-refractivity contribution is 4.07. The van der Waals surface area contributed by atoms with Crippen molar-refractivity contribution in [3.8, 4) is 0 Å². The molecule has 0 aliphatic heterocycles. The number of hydrogen-bond donors (Lipinski definition) is 1. The molecule has 4 heteroatoms. The Morgan fingerprint density at radius 2 is 2.29 bits per heavy atom. The van der Waals surface area contributed by atoms with Crippen LogP contribution in [0.25, 0.3) is 0 Å². The smallest absolute Gasteiger partial charge is 0.270 e. The molecule has 0 saturated heterocycles. The van der Waals surface area contributed by atoms with Crippen LogP contribution in [0.15, 0.2) is 0 Å². The van der Waals surface area contributed by atoms with Crippen LogP contribution in [-0.4, -0.2) is 23.4 Å². The van der Waals surface area contributed by atoms with E-state index in [1.165, 1.54) is 6.92 Å². The van der Waals surface area contributed by atoms with Gasteiger partial charge >= 0.3 is 0 Å². The molecular formula is C3H8NO3+. The Kier molecular flexibility index (Phi) is 2.29. The van der Waals surface area contributed by atoms with E-state index in [0.717, 1.165) is 7.05 Å². The highest BCUT2D eigenvalue weighted by atomic mass is 16.8. The van der Waals surface area contributed by atoms with Crippen molar-refractivity contribution in [3.63, 3.8) is 0 Å². The molecule has 0 saturated carbocycles. The Hall–Kier alpha value is -0.640. The molecule has 0 rings (SSSR count). The Balaban J connectivity index is 3.13. The van der Waals surface area contributed by atoms with Crippen molar-refractivity contribution in [1.82, 2.24) is 0 Å². The van der Waals surface area contributed by atoms with Gasteiger partial charge in [0.25, 0.3) is 6.29 Å². The van der Waals surface area contributed by atoms with Crippen LogP contribution in [0, 0.1) is 4.91 Å². The monoisotopic (exact) mass is 106 g/mol. The van der Waals surface area contributed by atoms with Crippen LogP contribution in [0.1, 0.15) is 6.92 Å². The molecule has 0 aromatic carbocycles. The van der Waals surface area contributed by atoms with Crippen molar-refractivity contribution in [2.24, 2.45) is 0 Å². The molecule has 0 spiro atoms. The average Bonchev–Trinajstić information content (AvgIpc) is 1.27. The van der Waals surface area contributed by atoms with Gasteiger partial charge in [0.1, 0.15) is 0 Å². The Bertz CT molecular complexity index is 70.6. The molecule has 4 nitrogen and oxygen atoms in total. The van der Waals surface area contributed by atoms with Crippen LogP contribution in [-0.2, 0) is 4.84 Å². The van der Waals surface area contributed by atoms with Gasteiger partial charge in [-0.3, -0.25) is 0 Å². The Morgan fingerprint density at radius 3 is 2.29 bits per heavy atom. The van der Waals surface area contributed by atoms with Crippen molar-refractivity contribution in [1.29, 1.82) is 0 Å². The van der Waals surface area contributed by atoms with E-state index in [-0.39, 0.29) is 4.92 Å². The van der Waals surface area contributed by atoms with E-state index in [1.807, 2.05) is 0 Å². The molecule has 0 amide bonds. The minimum absolute atomic E-state index is 0.199. The third-order valence-corrected chi connectivity index (χ3v) is 0.301. The van der Waals surface area contributed by atoms with Crippen molar-refractivity contribution in [2.45, 2.75) is 13.2 Å². The SMILES string of the molecule is CC(O)O[N+](C)=O. The van der Waals surface area contributed by atoms with Gasteiger partial charge in [0, 0.05) is 6.92 Å². The van der Waals surface area contributed by atoms with Crippen LogP contribution in [0.4, 0.5) is 0 Å². The van der Waals surface area contributed by atoms with Gasteiger partial charge in [-0.05, 0) is 0 Å². The maximum absolute atomic E-state index is 9.79. The van der Waals surface area contributed by atoms with Gasteiger partial charge in [0.05, 0.1) is 4.91 Å². The standard InChI is InChI=1S/C3H8NO3/c1-3(5)7-4(2)6/h3,5H,1-2H3/q+1. The van der Waals surface area contributed by atoms with Gasteiger partial charge in [0.2, 0.25) is 12.0 Å². The van der Waals surface area contributed by atoms with Gasteiger partial charge in [-0.25, -0.2) is 4.84 Å². The number of nitrogens with zero attached hydrogens (tertiary/aromatic N) is 1. The first-order valence-electron chi connectivity index (χ1n) is 1.88. The van der Waals surface area contributed by atoms with E-state index in [0.29, 0.717) is 0 Å². The second kappa shape index (κ2) is 2.52. The molecule has 7 heavy (non-hydrogen) atoms. The molecule has 0 radical (unpaired) electrons. The van der Waals surface area contributed by atoms with Gasteiger partial charge in [-0.1, -0.05) is 0 Å². The van der Waals surface area contributed by atoms with E-state index in [4.69, 9.17) is 5.11 Å². The normalized spacial score (nSPS) is 13.0. The second-order valence-corrected chi connectivity index (χ2v) is 1.14. The summed E-state index contributed by atoms with van der Waals surface area (Å²) < 4.78 is 0. The van der Waals surface area contributed by atoms with E-state index in [2.05, 4.69) is 4.84 Å². The number of hydrogen-bond acceptors (Lipinski definition) is 3. The van der Waals surface area contributed by atoms with E-state index in [9.17, 15) is 4.91 Å². The summed E-state index contributed by atoms with van der Waals surface area (Å²) in [5.41, 5.74) is 0. The lowest BCUT2D eigenvalue weighted by Crippen LogP contribution is -2.12. The molecule has 1 N–H and O–H groups in total. The summed E-state index contributed by atoms with van der Waals surface area (Å²) >= 11 is 0. The molecular weight excluding hydrogens is 98.0 g/mol. The summed E-state index contributed by atoms with van der Waals surface area (Å²) in [6.07, 6.45) is -1.01. The third-order valence-electron chi connectivity index (χ3n) is 0.301. The molecule has 0 aliphatic carbocycles. The van der Waals surface area contributed by atoms with E-state index < -0.39 is 6.29 Å². The lowest BCUT2D eigenvalue weighted by atomic mass is 10.8. The van der Waals surface area contributed by atoms with Crippen LogP contribution < -0.4 is 0 Å². The highest BCUT2D eigenvalue weighted by Gasteiger charge is 2.02. The molecule has 1 unspecified atom stereocenters. The van der Waals surface area contributed by atoms with E-state index in [1.54, 1.807) is 0 Å². The van der Waals surface area contributed by atoms with Crippen LogP contribution in [0.2, 0.25) is 0 Å². The van der Waals surface area contributed by atoms with E-state index >= 15 is 0 Å². The van der Waals surface area contributed by atoms with Gasteiger partial charge in [-0.15, -0.1) is 0 Å². The van der Waals surface area contributed by atoms with Crippen molar-refractivity contribution < 1.29 is 14.9 Å². The van der Waals surface area contributed by atoms with Crippen molar-refractivity contribution in [3.05, 3.63) is 4.91 Å². The average molecular weight is 106 g/mol. The predicted octanol–water partition coefficient (Wildman–Crippen LogP) is -0.335. The molecule has 0 bridgehead atoms. The zero-order valence-corrected chi connectivity index (χ0v) is 4.29. The molecule has 0 fully saturated rings. The lowest BCUT2D eigenvalue weighted by molar-refractivity contribution is -0.803. The zero-order valence-electron chi connectivity index (χ0n) is 4.29. The molecule has 0 aromatic rings. The molecule has 0 aliphatic rings. The predicted molar refractivity (Wildman–Crippen MR) is 22.3 cm³/mol. The number of rotatable bonds is 2. The first kappa shape index (κ1) is 6.36. The van der Waals surface area contributed by atoms with Gasteiger partial charge < -0.3 is 5.11 Å². The third kappa shape index (κ3) is 5.36. The first-order chi connectivity index (χ1) is 3.13. The Labute approximate surface area is 41.2 Å². The maximum Gasteiger partial charge on any atom is 0.270 e. The summed E-state index contributed by atoms with van der Waals surface area (Å²) in [6.45, 7) is 1.36. The van der Waals surface area contributed by atoms with Crippen LogP contribution in [0.5, 0.6) is 0 Å². The minimum atomic E-state index is -1.01. The Morgan fingerprint density at radius 1 is 1.86 bits per heavy atom. The topological polar surface area (TPSA) is 49.5 Å². The number of aliphatic hydroxyl groups is 1. The van der Waals surface area contributed by atoms with Crippen molar-refractivity contribution in [2.75, 3.05) is 7.05 Å². The molecule has 0 heterocycles. The molecule has 0 aromatic heterocycles. The lowest BCUT2D eigenvalue weighted by Gasteiger charge is -1.90. The minimum Gasteiger partial charge on any atom is -0.354 e. The summed E-state index contributed by atoms with van der Waals surface area (Å²) in [5, 5.41) is 8.26. The summed E-state index contributed by atoms with van der Waals surface area (Å²) in [5.74, 6) is 0.